The minimum Gasteiger partial charge on any atom is -0.389 e. The Morgan fingerprint density at radius 2 is 2.33 bits per heavy atom. The molecular formula is C9H17NO2. The van der Waals surface area contributed by atoms with Crippen molar-refractivity contribution >= 4 is 0 Å². The molecule has 12 heavy (non-hydrogen) atoms. The molecule has 0 spiro atoms. The molecule has 0 heterocycles. The number of nitrogens with one attached hydrogen (secondary N) is 1. The summed E-state index contributed by atoms with van der Waals surface area (Å²) in [5.41, 5.74) is -0.729. The van der Waals surface area contributed by atoms with Gasteiger partial charge >= 0.3 is 0 Å². The molecular weight excluding hydrogens is 154 g/mol. The summed E-state index contributed by atoms with van der Waals surface area (Å²) in [6.07, 6.45) is 5.65. The van der Waals surface area contributed by atoms with E-state index in [1.54, 1.807) is 14.0 Å². The molecule has 0 radical (unpaired) electrons. The Kier molecular flexibility index (Phi) is 5.73. The van der Waals surface area contributed by atoms with Crippen molar-refractivity contribution in [2.24, 2.45) is 0 Å². The molecule has 3 nitrogen and oxygen atoms in total. The highest BCUT2D eigenvalue weighted by Gasteiger charge is 2.18. The third-order valence-electron chi connectivity index (χ3n) is 1.58. The molecule has 0 bridgehead atoms. The summed E-state index contributed by atoms with van der Waals surface area (Å²) in [7, 11) is 1.62. The second kappa shape index (κ2) is 6.01. The van der Waals surface area contributed by atoms with E-state index in [4.69, 9.17) is 11.2 Å². The SMILES string of the molecule is C#CCNCC(C)(O)CCOC. The number of terminal acetylenes is 1. The summed E-state index contributed by atoms with van der Waals surface area (Å²) < 4.78 is 4.86. The largest absolute Gasteiger partial charge is 0.389 e. The monoisotopic (exact) mass is 171 g/mol. The van der Waals surface area contributed by atoms with Crippen LogP contribution in [0.4, 0.5) is 0 Å². The van der Waals surface area contributed by atoms with Crippen molar-refractivity contribution in [1.29, 1.82) is 0 Å². The third-order valence-corrected chi connectivity index (χ3v) is 1.58. The van der Waals surface area contributed by atoms with E-state index in [9.17, 15) is 5.11 Å². The van der Waals surface area contributed by atoms with E-state index >= 15 is 0 Å². The Bertz CT molecular complexity index is 149. The Hall–Kier alpha value is -0.560. The van der Waals surface area contributed by atoms with Crippen molar-refractivity contribution in [2.75, 3.05) is 26.8 Å². The molecule has 2 N–H and O–H groups in total. The molecule has 0 aromatic heterocycles. The van der Waals surface area contributed by atoms with E-state index < -0.39 is 5.60 Å². The summed E-state index contributed by atoms with van der Waals surface area (Å²) in [5, 5.41) is 12.6. The molecule has 0 amide bonds. The highest BCUT2D eigenvalue weighted by Crippen LogP contribution is 2.06. The van der Waals surface area contributed by atoms with Crippen LogP contribution >= 0.6 is 0 Å². The van der Waals surface area contributed by atoms with E-state index in [0.29, 0.717) is 26.1 Å². The summed E-state index contributed by atoms with van der Waals surface area (Å²) in [6.45, 7) is 3.31. The summed E-state index contributed by atoms with van der Waals surface area (Å²) in [6, 6.07) is 0. The molecule has 0 rings (SSSR count). The number of methoxy groups -OCH3 is 1. The number of rotatable bonds is 6. The Labute approximate surface area is 74.1 Å². The molecule has 0 aromatic carbocycles. The zero-order chi connectivity index (χ0) is 9.45. The highest BCUT2D eigenvalue weighted by molar-refractivity contribution is 4.88. The fourth-order valence-electron chi connectivity index (χ4n) is 0.814. The van der Waals surface area contributed by atoms with E-state index in [2.05, 4.69) is 11.2 Å². The molecule has 0 aliphatic heterocycles. The lowest BCUT2D eigenvalue weighted by atomic mass is 10.0. The van der Waals surface area contributed by atoms with Gasteiger partial charge in [-0.2, -0.15) is 0 Å². The maximum absolute atomic E-state index is 9.66. The number of hydrogen-bond donors (Lipinski definition) is 2. The van der Waals surface area contributed by atoms with Gasteiger partial charge in [-0.1, -0.05) is 5.92 Å². The van der Waals surface area contributed by atoms with Crippen molar-refractivity contribution in [3.63, 3.8) is 0 Å². The van der Waals surface area contributed by atoms with Gasteiger partial charge in [-0.3, -0.25) is 0 Å². The van der Waals surface area contributed by atoms with E-state index in [1.165, 1.54) is 0 Å². The van der Waals surface area contributed by atoms with Crippen LogP contribution in [0.15, 0.2) is 0 Å². The normalized spacial score (nSPS) is 15.2. The topological polar surface area (TPSA) is 41.5 Å². The van der Waals surface area contributed by atoms with E-state index in [1.807, 2.05) is 0 Å². The molecule has 1 unspecified atom stereocenters. The summed E-state index contributed by atoms with van der Waals surface area (Å²) >= 11 is 0. The fourth-order valence-corrected chi connectivity index (χ4v) is 0.814. The first-order chi connectivity index (χ1) is 5.62. The minimum atomic E-state index is -0.729. The number of aliphatic hydroxyl groups is 1. The van der Waals surface area contributed by atoms with Gasteiger partial charge in [0.05, 0.1) is 12.1 Å². The van der Waals surface area contributed by atoms with Crippen molar-refractivity contribution in [1.82, 2.24) is 5.32 Å². The van der Waals surface area contributed by atoms with Crippen LogP contribution in [0, 0.1) is 12.3 Å². The quantitative estimate of drug-likeness (QED) is 0.436. The first kappa shape index (κ1) is 11.4. The van der Waals surface area contributed by atoms with Crippen LogP contribution < -0.4 is 5.32 Å². The van der Waals surface area contributed by atoms with Gasteiger partial charge in [0, 0.05) is 26.7 Å². The third kappa shape index (κ3) is 6.17. The maximum atomic E-state index is 9.66. The van der Waals surface area contributed by atoms with Crippen LogP contribution in [-0.2, 0) is 4.74 Å². The fraction of sp³-hybridized carbons (Fsp3) is 0.778. The molecule has 0 fully saturated rings. The smallest absolute Gasteiger partial charge is 0.0765 e. The lowest BCUT2D eigenvalue weighted by Gasteiger charge is -2.22. The maximum Gasteiger partial charge on any atom is 0.0765 e. The molecule has 70 valence electrons. The highest BCUT2D eigenvalue weighted by atomic mass is 16.5. The van der Waals surface area contributed by atoms with Gasteiger partial charge < -0.3 is 15.2 Å². The average molecular weight is 171 g/mol. The molecule has 0 aliphatic carbocycles. The molecule has 0 saturated carbocycles. The average Bonchev–Trinajstić information content (AvgIpc) is 2.01. The van der Waals surface area contributed by atoms with E-state index in [0.717, 1.165) is 0 Å². The molecule has 0 saturated heterocycles. The Morgan fingerprint density at radius 3 is 2.83 bits per heavy atom. The first-order valence-electron chi connectivity index (χ1n) is 3.98. The van der Waals surface area contributed by atoms with Crippen molar-refractivity contribution in [3.8, 4) is 12.3 Å². The number of hydrogen-bond acceptors (Lipinski definition) is 3. The molecule has 1 atom stereocenters. The summed E-state index contributed by atoms with van der Waals surface area (Å²) in [5.74, 6) is 2.44. The predicted octanol–water partition coefficient (Wildman–Crippen LogP) is -0.00330. The zero-order valence-electron chi connectivity index (χ0n) is 7.76. The first-order valence-corrected chi connectivity index (χ1v) is 3.98. The van der Waals surface area contributed by atoms with Gasteiger partial charge in [0.1, 0.15) is 0 Å². The summed E-state index contributed by atoms with van der Waals surface area (Å²) in [4.78, 5) is 0. The molecule has 3 heteroatoms. The van der Waals surface area contributed by atoms with Crippen molar-refractivity contribution < 1.29 is 9.84 Å². The minimum absolute atomic E-state index is 0.489. The van der Waals surface area contributed by atoms with Crippen LogP contribution in [-0.4, -0.2) is 37.5 Å². The van der Waals surface area contributed by atoms with Gasteiger partial charge in [0.2, 0.25) is 0 Å². The van der Waals surface area contributed by atoms with Crippen LogP contribution in [0.2, 0.25) is 0 Å². The predicted molar refractivity (Wildman–Crippen MR) is 48.8 cm³/mol. The van der Waals surface area contributed by atoms with Gasteiger partial charge in [-0.15, -0.1) is 6.42 Å². The lowest BCUT2D eigenvalue weighted by molar-refractivity contribution is 0.0259. The molecule has 0 aliphatic rings. The van der Waals surface area contributed by atoms with Crippen molar-refractivity contribution in [2.45, 2.75) is 18.9 Å². The zero-order valence-corrected chi connectivity index (χ0v) is 7.76. The molecule has 0 aromatic rings. The van der Waals surface area contributed by atoms with Crippen molar-refractivity contribution in [3.05, 3.63) is 0 Å². The van der Waals surface area contributed by atoms with Crippen LogP contribution in [0.3, 0.4) is 0 Å². The van der Waals surface area contributed by atoms with Crippen LogP contribution in [0.25, 0.3) is 0 Å². The van der Waals surface area contributed by atoms with Gasteiger partial charge in [0.25, 0.3) is 0 Å². The van der Waals surface area contributed by atoms with E-state index in [-0.39, 0.29) is 0 Å². The second-order valence-electron chi connectivity index (χ2n) is 3.05. The standard InChI is InChI=1S/C9H17NO2/c1-4-6-10-8-9(2,11)5-7-12-3/h1,10-11H,5-8H2,2-3H3. The Balaban J connectivity index is 3.50. The van der Waals surface area contributed by atoms with Gasteiger partial charge in [-0.05, 0) is 6.92 Å². The van der Waals surface area contributed by atoms with Gasteiger partial charge in [-0.25, -0.2) is 0 Å². The second-order valence-corrected chi connectivity index (χ2v) is 3.05. The van der Waals surface area contributed by atoms with Crippen LogP contribution in [0.1, 0.15) is 13.3 Å². The lowest BCUT2D eigenvalue weighted by Crippen LogP contribution is -2.38. The van der Waals surface area contributed by atoms with Crippen LogP contribution in [0.5, 0.6) is 0 Å². The van der Waals surface area contributed by atoms with Gasteiger partial charge in [0.15, 0.2) is 0 Å². The number of ether oxygens (including phenoxy) is 1. The Morgan fingerprint density at radius 1 is 1.67 bits per heavy atom.